The van der Waals surface area contributed by atoms with Crippen LogP contribution in [0.1, 0.15) is 22.5 Å². The van der Waals surface area contributed by atoms with E-state index in [0.717, 1.165) is 51.2 Å². The number of hydrogen-bond acceptors (Lipinski definition) is 4. The molecule has 0 aliphatic heterocycles. The molecular weight excluding hydrogens is 334 g/mol. The number of rotatable bonds is 2. The highest BCUT2D eigenvalue weighted by Gasteiger charge is 2.20. The van der Waals surface area contributed by atoms with Gasteiger partial charge in [0.15, 0.2) is 0 Å². The molecule has 1 aliphatic carbocycles. The van der Waals surface area contributed by atoms with Gasteiger partial charge in [0, 0.05) is 24.6 Å². The minimum atomic E-state index is 0.618. The van der Waals surface area contributed by atoms with Crippen molar-refractivity contribution >= 4 is 16.6 Å². The first-order valence-electron chi connectivity index (χ1n) is 8.71. The smallest absolute Gasteiger partial charge is 0.0991 e. The Kier molecular flexibility index (Phi) is 3.37. The summed E-state index contributed by atoms with van der Waals surface area (Å²) in [6.45, 7) is 0. The average molecular weight is 349 g/mol. The van der Waals surface area contributed by atoms with Gasteiger partial charge in [0.05, 0.1) is 52.3 Å². The highest BCUT2D eigenvalue weighted by Crippen LogP contribution is 2.33. The molecular formula is C22H15N5. The lowest BCUT2D eigenvalue weighted by atomic mass is 10.0. The maximum atomic E-state index is 9.14. The summed E-state index contributed by atoms with van der Waals surface area (Å²) in [7, 11) is 2.00. The standard InChI is InChI=1S/C22H15N5/c1-27-13-25-18-7-5-15(10-21(18)27)17-6-8-19-22(17)26-20(12-24-19)16-4-2-3-14(9-16)11-23/h2-7,9-10,12-13H,8H2,1H3. The highest BCUT2D eigenvalue weighted by molar-refractivity contribution is 5.88. The predicted molar refractivity (Wildman–Crippen MR) is 104 cm³/mol. The molecule has 0 fully saturated rings. The van der Waals surface area contributed by atoms with Gasteiger partial charge in [-0.15, -0.1) is 0 Å². The minimum Gasteiger partial charge on any atom is -0.334 e. The van der Waals surface area contributed by atoms with Crippen LogP contribution in [0.15, 0.2) is 61.1 Å². The Morgan fingerprint density at radius 3 is 2.89 bits per heavy atom. The van der Waals surface area contributed by atoms with Gasteiger partial charge in [0.25, 0.3) is 0 Å². The zero-order valence-electron chi connectivity index (χ0n) is 14.7. The van der Waals surface area contributed by atoms with Crippen LogP contribution in [-0.4, -0.2) is 19.5 Å². The van der Waals surface area contributed by atoms with E-state index in [9.17, 15) is 0 Å². The second-order valence-corrected chi connectivity index (χ2v) is 6.62. The topological polar surface area (TPSA) is 67.4 Å². The van der Waals surface area contributed by atoms with Crippen LogP contribution in [0.25, 0.3) is 27.9 Å². The summed E-state index contributed by atoms with van der Waals surface area (Å²) in [6, 6.07) is 15.9. The highest BCUT2D eigenvalue weighted by atomic mass is 15.0. The number of nitrogens with zero attached hydrogens (tertiary/aromatic N) is 5. The first-order valence-corrected chi connectivity index (χ1v) is 8.71. The molecule has 0 N–H and O–H groups in total. The van der Waals surface area contributed by atoms with E-state index >= 15 is 0 Å². The molecule has 0 unspecified atom stereocenters. The SMILES string of the molecule is Cn1cnc2ccc(C3=CCc4ncc(-c5cccc(C#N)c5)nc43)cc21. The van der Waals surface area contributed by atoms with E-state index in [0.29, 0.717) is 5.56 Å². The van der Waals surface area contributed by atoms with Gasteiger partial charge in [-0.25, -0.2) is 9.97 Å². The molecule has 2 heterocycles. The van der Waals surface area contributed by atoms with E-state index in [1.165, 1.54) is 0 Å². The Morgan fingerprint density at radius 2 is 2.00 bits per heavy atom. The second-order valence-electron chi connectivity index (χ2n) is 6.62. The van der Waals surface area contributed by atoms with Gasteiger partial charge in [-0.05, 0) is 29.8 Å². The summed E-state index contributed by atoms with van der Waals surface area (Å²) in [5.74, 6) is 0. The van der Waals surface area contributed by atoms with E-state index in [1.54, 1.807) is 12.3 Å². The lowest BCUT2D eigenvalue weighted by Gasteiger charge is -2.08. The molecule has 0 radical (unpaired) electrons. The summed E-state index contributed by atoms with van der Waals surface area (Å²) >= 11 is 0. The monoisotopic (exact) mass is 349 g/mol. The lowest BCUT2D eigenvalue weighted by molar-refractivity contribution is 0.947. The summed E-state index contributed by atoms with van der Waals surface area (Å²) in [5, 5.41) is 9.14. The normalized spacial score (nSPS) is 12.7. The van der Waals surface area contributed by atoms with Crippen LogP contribution in [0.5, 0.6) is 0 Å². The van der Waals surface area contributed by atoms with Crippen LogP contribution >= 0.6 is 0 Å². The van der Waals surface area contributed by atoms with Gasteiger partial charge >= 0.3 is 0 Å². The first-order chi connectivity index (χ1) is 13.2. The number of allylic oxidation sites excluding steroid dienone is 1. The number of aryl methyl sites for hydroxylation is 1. The third kappa shape index (κ3) is 2.51. The zero-order valence-corrected chi connectivity index (χ0v) is 14.7. The summed E-state index contributed by atoms with van der Waals surface area (Å²) in [5.41, 5.74) is 8.47. The molecule has 4 aromatic rings. The Labute approximate surface area is 156 Å². The van der Waals surface area contributed by atoms with Crippen molar-refractivity contribution in [3.63, 3.8) is 0 Å². The van der Waals surface area contributed by atoms with Crippen molar-refractivity contribution in [1.82, 2.24) is 19.5 Å². The van der Waals surface area contributed by atoms with Crippen molar-refractivity contribution in [2.75, 3.05) is 0 Å². The molecule has 0 atom stereocenters. The largest absolute Gasteiger partial charge is 0.334 e. The van der Waals surface area contributed by atoms with Crippen LogP contribution < -0.4 is 0 Å². The molecule has 0 amide bonds. The fourth-order valence-corrected chi connectivity index (χ4v) is 3.51. The minimum absolute atomic E-state index is 0.618. The number of benzene rings is 2. The Bertz CT molecular complexity index is 1270. The third-order valence-electron chi connectivity index (χ3n) is 4.93. The van der Waals surface area contributed by atoms with Gasteiger partial charge in [0.1, 0.15) is 0 Å². The van der Waals surface area contributed by atoms with Crippen molar-refractivity contribution in [1.29, 1.82) is 5.26 Å². The third-order valence-corrected chi connectivity index (χ3v) is 4.93. The van der Waals surface area contributed by atoms with Crippen molar-refractivity contribution in [2.45, 2.75) is 6.42 Å². The summed E-state index contributed by atoms with van der Waals surface area (Å²) in [6.07, 6.45) is 6.57. The quantitative estimate of drug-likeness (QED) is 0.551. The van der Waals surface area contributed by atoms with Crippen molar-refractivity contribution in [3.8, 4) is 17.3 Å². The molecule has 0 saturated carbocycles. The molecule has 5 rings (SSSR count). The number of fused-ring (bicyclic) bond motifs is 2. The van der Waals surface area contributed by atoms with Gasteiger partial charge in [0.2, 0.25) is 0 Å². The van der Waals surface area contributed by atoms with Crippen LogP contribution in [-0.2, 0) is 13.5 Å². The molecule has 2 aromatic heterocycles. The Morgan fingerprint density at radius 1 is 1.07 bits per heavy atom. The number of aromatic nitrogens is 4. The maximum absolute atomic E-state index is 9.14. The second kappa shape index (κ2) is 5.89. The van der Waals surface area contributed by atoms with E-state index in [4.69, 9.17) is 10.2 Å². The molecule has 0 saturated heterocycles. The number of imidazole rings is 1. The van der Waals surface area contributed by atoms with Crippen molar-refractivity contribution < 1.29 is 0 Å². The Balaban J connectivity index is 1.61. The fraction of sp³-hybridized carbons (Fsp3) is 0.0909. The molecule has 0 spiro atoms. The van der Waals surface area contributed by atoms with Crippen LogP contribution in [0.3, 0.4) is 0 Å². The maximum Gasteiger partial charge on any atom is 0.0991 e. The van der Waals surface area contributed by atoms with E-state index in [-0.39, 0.29) is 0 Å². The van der Waals surface area contributed by atoms with Crippen molar-refractivity contribution in [2.24, 2.45) is 7.05 Å². The fourth-order valence-electron chi connectivity index (χ4n) is 3.51. The molecule has 1 aliphatic rings. The zero-order chi connectivity index (χ0) is 18.4. The molecule has 27 heavy (non-hydrogen) atoms. The Hall–Kier alpha value is -3.78. The van der Waals surface area contributed by atoms with Crippen LogP contribution in [0.4, 0.5) is 0 Å². The molecule has 5 heteroatoms. The van der Waals surface area contributed by atoms with Crippen LogP contribution in [0.2, 0.25) is 0 Å². The van der Waals surface area contributed by atoms with Crippen LogP contribution in [0, 0.1) is 11.3 Å². The molecule has 128 valence electrons. The van der Waals surface area contributed by atoms with E-state index in [2.05, 4.69) is 34.2 Å². The summed E-state index contributed by atoms with van der Waals surface area (Å²) in [4.78, 5) is 13.9. The van der Waals surface area contributed by atoms with Gasteiger partial charge in [-0.3, -0.25) is 4.98 Å². The first kappa shape index (κ1) is 15.5. The van der Waals surface area contributed by atoms with Gasteiger partial charge in [-0.2, -0.15) is 5.26 Å². The predicted octanol–water partition coefficient (Wildman–Crippen LogP) is 3.89. The average Bonchev–Trinajstić information content (AvgIpc) is 3.31. The van der Waals surface area contributed by atoms with Gasteiger partial charge in [-0.1, -0.05) is 24.3 Å². The number of nitriles is 1. The summed E-state index contributed by atoms with van der Waals surface area (Å²) < 4.78 is 2.02. The van der Waals surface area contributed by atoms with E-state index < -0.39 is 0 Å². The number of hydrogen-bond donors (Lipinski definition) is 0. The van der Waals surface area contributed by atoms with Crippen molar-refractivity contribution in [3.05, 3.63) is 83.6 Å². The molecule has 2 aromatic carbocycles. The molecule has 0 bridgehead atoms. The molecule has 5 nitrogen and oxygen atoms in total. The lowest BCUT2D eigenvalue weighted by Crippen LogP contribution is -1.98. The van der Waals surface area contributed by atoms with E-state index in [1.807, 2.05) is 42.2 Å². The van der Waals surface area contributed by atoms with Gasteiger partial charge < -0.3 is 4.57 Å².